The molecule has 0 radical (unpaired) electrons. The van der Waals surface area contributed by atoms with E-state index in [0.29, 0.717) is 5.69 Å². The summed E-state index contributed by atoms with van der Waals surface area (Å²) >= 11 is 0. The molecule has 2 rings (SSSR count). The molecule has 4 nitrogen and oxygen atoms in total. The van der Waals surface area contributed by atoms with Gasteiger partial charge in [-0.2, -0.15) is 0 Å². The number of carboxylic acid groups (broad SMARTS) is 1. The average molecular weight is 233 g/mol. The maximum Gasteiger partial charge on any atom is 0.337 e. The van der Waals surface area contributed by atoms with Gasteiger partial charge in [-0.3, -0.25) is 4.79 Å². The van der Waals surface area contributed by atoms with E-state index in [1.807, 2.05) is 0 Å². The van der Waals surface area contributed by atoms with Gasteiger partial charge in [0.1, 0.15) is 0 Å². The number of hydrogen-bond acceptors (Lipinski definition) is 2. The zero-order valence-electron chi connectivity index (χ0n) is 9.72. The highest BCUT2D eigenvalue weighted by Crippen LogP contribution is 2.31. The number of benzene rings is 1. The first-order chi connectivity index (χ1) is 8.11. The summed E-state index contributed by atoms with van der Waals surface area (Å²) < 4.78 is 0. The van der Waals surface area contributed by atoms with Crippen LogP contribution in [0.4, 0.5) is 5.69 Å². The van der Waals surface area contributed by atoms with Crippen LogP contribution >= 0.6 is 0 Å². The molecular formula is C13H15NO3. The minimum absolute atomic E-state index is 0.0941. The van der Waals surface area contributed by atoms with Crippen LogP contribution < -0.4 is 4.90 Å². The first-order valence-electron chi connectivity index (χ1n) is 5.73. The average Bonchev–Trinajstić information content (AvgIpc) is 2.22. The Hall–Kier alpha value is -1.84. The zero-order chi connectivity index (χ0) is 12.4. The molecule has 1 fully saturated rings. The molecule has 1 N–H and O–H groups in total. The maximum atomic E-state index is 11.7. The van der Waals surface area contributed by atoms with Crippen LogP contribution in [0.25, 0.3) is 0 Å². The topological polar surface area (TPSA) is 57.6 Å². The molecule has 0 unspecified atom stereocenters. The highest BCUT2D eigenvalue weighted by molar-refractivity contribution is 6.01. The monoisotopic (exact) mass is 233 g/mol. The minimum atomic E-state index is -0.994. The van der Waals surface area contributed by atoms with E-state index in [0.717, 1.165) is 19.3 Å². The Morgan fingerprint density at radius 1 is 1.29 bits per heavy atom. The first kappa shape index (κ1) is 11.6. The number of rotatable bonds is 3. The van der Waals surface area contributed by atoms with Crippen LogP contribution in [0.5, 0.6) is 0 Å². The van der Waals surface area contributed by atoms with Gasteiger partial charge < -0.3 is 10.0 Å². The van der Waals surface area contributed by atoms with Crippen molar-refractivity contribution in [3.8, 4) is 0 Å². The van der Waals surface area contributed by atoms with Crippen molar-refractivity contribution in [3.63, 3.8) is 0 Å². The van der Waals surface area contributed by atoms with Gasteiger partial charge >= 0.3 is 5.97 Å². The number of para-hydroxylation sites is 1. The van der Waals surface area contributed by atoms with Gasteiger partial charge in [-0.25, -0.2) is 4.79 Å². The summed E-state index contributed by atoms with van der Waals surface area (Å²) in [6, 6.07) is 6.82. The van der Waals surface area contributed by atoms with Crippen LogP contribution in [-0.4, -0.2) is 23.0 Å². The van der Waals surface area contributed by atoms with Crippen molar-refractivity contribution in [2.75, 3.05) is 4.90 Å². The standard InChI is InChI=1S/C13H15NO3/c1-9(15)14(10-5-4-6-10)12-8-3-2-7-11(12)13(16)17/h2-3,7-8,10H,4-6H2,1H3,(H,16,17). The van der Waals surface area contributed by atoms with Gasteiger partial charge in [0.25, 0.3) is 0 Å². The summed E-state index contributed by atoms with van der Waals surface area (Å²) in [4.78, 5) is 24.4. The molecule has 0 bridgehead atoms. The van der Waals surface area contributed by atoms with E-state index < -0.39 is 5.97 Å². The van der Waals surface area contributed by atoms with Gasteiger partial charge in [0.2, 0.25) is 5.91 Å². The molecular weight excluding hydrogens is 218 g/mol. The number of carbonyl (C=O) groups excluding carboxylic acids is 1. The summed E-state index contributed by atoms with van der Waals surface area (Å²) in [6.07, 6.45) is 3.00. The Morgan fingerprint density at radius 2 is 1.94 bits per heavy atom. The molecule has 1 aromatic carbocycles. The van der Waals surface area contributed by atoms with Gasteiger partial charge in [0.05, 0.1) is 11.3 Å². The number of amides is 1. The van der Waals surface area contributed by atoms with Crippen LogP contribution in [-0.2, 0) is 4.79 Å². The second-order valence-electron chi connectivity index (χ2n) is 4.30. The molecule has 0 saturated heterocycles. The molecule has 4 heteroatoms. The van der Waals surface area contributed by atoms with E-state index in [2.05, 4.69) is 0 Å². The van der Waals surface area contributed by atoms with Crippen LogP contribution in [0.2, 0.25) is 0 Å². The van der Waals surface area contributed by atoms with Crippen molar-refractivity contribution in [1.29, 1.82) is 0 Å². The van der Waals surface area contributed by atoms with E-state index in [-0.39, 0.29) is 17.5 Å². The lowest BCUT2D eigenvalue weighted by atomic mass is 9.90. The fourth-order valence-corrected chi connectivity index (χ4v) is 2.13. The highest BCUT2D eigenvalue weighted by Gasteiger charge is 2.30. The second kappa shape index (κ2) is 4.57. The Bertz CT molecular complexity index is 452. The lowest BCUT2D eigenvalue weighted by molar-refractivity contribution is -0.117. The molecule has 0 atom stereocenters. The molecule has 1 aliphatic carbocycles. The van der Waals surface area contributed by atoms with Gasteiger partial charge in [0, 0.05) is 13.0 Å². The van der Waals surface area contributed by atoms with E-state index in [1.165, 1.54) is 13.0 Å². The predicted molar refractivity (Wildman–Crippen MR) is 64.2 cm³/mol. The van der Waals surface area contributed by atoms with Gasteiger partial charge in [0.15, 0.2) is 0 Å². The van der Waals surface area contributed by atoms with Crippen molar-refractivity contribution in [1.82, 2.24) is 0 Å². The smallest absolute Gasteiger partial charge is 0.337 e. The summed E-state index contributed by atoms with van der Waals surface area (Å²) in [5.41, 5.74) is 0.701. The van der Waals surface area contributed by atoms with E-state index in [1.54, 1.807) is 23.1 Å². The predicted octanol–water partition coefficient (Wildman–Crippen LogP) is 2.29. The number of aromatic carboxylic acids is 1. The molecule has 90 valence electrons. The quantitative estimate of drug-likeness (QED) is 0.871. The third kappa shape index (κ3) is 2.16. The van der Waals surface area contributed by atoms with Crippen molar-refractivity contribution in [3.05, 3.63) is 29.8 Å². The fraction of sp³-hybridized carbons (Fsp3) is 0.385. The minimum Gasteiger partial charge on any atom is -0.478 e. The number of carbonyl (C=O) groups is 2. The summed E-state index contributed by atoms with van der Waals surface area (Å²) in [7, 11) is 0. The lowest BCUT2D eigenvalue weighted by Gasteiger charge is -2.37. The van der Waals surface area contributed by atoms with Crippen molar-refractivity contribution < 1.29 is 14.7 Å². The van der Waals surface area contributed by atoms with Crippen LogP contribution in [0.3, 0.4) is 0 Å². The SMILES string of the molecule is CC(=O)N(c1ccccc1C(=O)O)C1CCC1. The van der Waals surface area contributed by atoms with Crippen molar-refractivity contribution >= 4 is 17.6 Å². The lowest BCUT2D eigenvalue weighted by Crippen LogP contribution is -2.44. The molecule has 1 saturated carbocycles. The van der Waals surface area contributed by atoms with Crippen LogP contribution in [0.15, 0.2) is 24.3 Å². The van der Waals surface area contributed by atoms with E-state index in [9.17, 15) is 9.59 Å². The highest BCUT2D eigenvalue weighted by atomic mass is 16.4. The first-order valence-corrected chi connectivity index (χ1v) is 5.73. The van der Waals surface area contributed by atoms with Crippen LogP contribution in [0, 0.1) is 0 Å². The third-order valence-electron chi connectivity index (χ3n) is 3.17. The normalized spacial score (nSPS) is 15.1. The van der Waals surface area contributed by atoms with Crippen LogP contribution in [0.1, 0.15) is 36.5 Å². The number of anilines is 1. The molecule has 1 aliphatic rings. The molecule has 0 spiro atoms. The Balaban J connectivity index is 2.41. The summed E-state index contributed by atoms with van der Waals surface area (Å²) in [6.45, 7) is 1.48. The van der Waals surface area contributed by atoms with Gasteiger partial charge in [-0.05, 0) is 31.4 Å². The maximum absolute atomic E-state index is 11.7. The Kier molecular flexibility index (Phi) is 3.13. The molecule has 1 aromatic rings. The Labute approximate surface area is 99.9 Å². The Morgan fingerprint density at radius 3 is 2.41 bits per heavy atom. The zero-order valence-corrected chi connectivity index (χ0v) is 9.72. The van der Waals surface area contributed by atoms with Crippen molar-refractivity contribution in [2.24, 2.45) is 0 Å². The largest absolute Gasteiger partial charge is 0.478 e. The molecule has 0 heterocycles. The third-order valence-corrected chi connectivity index (χ3v) is 3.17. The van der Waals surface area contributed by atoms with Gasteiger partial charge in [-0.15, -0.1) is 0 Å². The second-order valence-corrected chi connectivity index (χ2v) is 4.30. The van der Waals surface area contributed by atoms with E-state index in [4.69, 9.17) is 5.11 Å². The molecule has 0 aromatic heterocycles. The number of carboxylic acids is 1. The van der Waals surface area contributed by atoms with Gasteiger partial charge in [-0.1, -0.05) is 12.1 Å². The van der Waals surface area contributed by atoms with E-state index >= 15 is 0 Å². The van der Waals surface area contributed by atoms with Crippen molar-refractivity contribution in [2.45, 2.75) is 32.2 Å². The summed E-state index contributed by atoms with van der Waals surface area (Å²) in [5, 5.41) is 9.13. The summed E-state index contributed by atoms with van der Waals surface area (Å²) in [5.74, 6) is -1.09. The number of nitrogens with zero attached hydrogens (tertiary/aromatic N) is 1. The molecule has 1 amide bonds. The molecule has 17 heavy (non-hydrogen) atoms. The number of hydrogen-bond donors (Lipinski definition) is 1. The molecule has 0 aliphatic heterocycles. The fourth-order valence-electron chi connectivity index (χ4n) is 2.13.